The molecular weight excluding hydrogens is 206 g/mol. The molecule has 2 rings (SSSR count). The molecule has 0 amide bonds. The molecule has 2 fully saturated rings. The summed E-state index contributed by atoms with van der Waals surface area (Å²) in [5.41, 5.74) is 0.394. The van der Waals surface area contributed by atoms with E-state index >= 15 is 0 Å². The number of ether oxygens (including phenoxy) is 1. The van der Waals surface area contributed by atoms with Gasteiger partial charge in [-0.3, -0.25) is 5.32 Å². The van der Waals surface area contributed by atoms with Crippen molar-refractivity contribution >= 4 is 11.8 Å². The second-order valence-electron chi connectivity index (χ2n) is 5.86. The van der Waals surface area contributed by atoms with Crippen LogP contribution in [-0.2, 0) is 4.74 Å². The minimum Gasteiger partial charge on any atom is -0.360 e. The molecule has 2 saturated heterocycles. The highest BCUT2D eigenvalue weighted by molar-refractivity contribution is 7.99. The van der Waals surface area contributed by atoms with Crippen LogP contribution in [0.1, 0.15) is 33.6 Å². The van der Waals surface area contributed by atoms with Crippen molar-refractivity contribution in [3.63, 3.8) is 0 Å². The van der Waals surface area contributed by atoms with E-state index in [1.807, 2.05) is 11.8 Å². The highest BCUT2D eigenvalue weighted by Gasteiger charge is 2.39. The molecule has 2 aliphatic rings. The molecule has 0 aromatic heterocycles. The topological polar surface area (TPSA) is 21.3 Å². The highest BCUT2D eigenvalue weighted by atomic mass is 32.2. The largest absolute Gasteiger partial charge is 0.360 e. The van der Waals surface area contributed by atoms with E-state index in [2.05, 4.69) is 26.1 Å². The normalized spacial score (nSPS) is 31.8. The van der Waals surface area contributed by atoms with Gasteiger partial charge in [0.2, 0.25) is 0 Å². The Hall–Kier alpha value is 0.270. The fourth-order valence-corrected chi connectivity index (χ4v) is 3.41. The number of nitrogens with one attached hydrogen (secondary N) is 1. The van der Waals surface area contributed by atoms with Crippen molar-refractivity contribution in [3.05, 3.63) is 0 Å². The van der Waals surface area contributed by atoms with Crippen LogP contribution >= 0.6 is 11.8 Å². The Labute approximate surface area is 97.5 Å². The van der Waals surface area contributed by atoms with Crippen LogP contribution in [0, 0.1) is 11.3 Å². The van der Waals surface area contributed by atoms with Crippen LogP contribution < -0.4 is 5.32 Å². The lowest BCUT2D eigenvalue weighted by molar-refractivity contribution is -0.136. The summed E-state index contributed by atoms with van der Waals surface area (Å²) in [6.07, 6.45) is 2.35. The van der Waals surface area contributed by atoms with E-state index in [-0.39, 0.29) is 5.72 Å². The molecule has 0 radical (unpaired) electrons. The van der Waals surface area contributed by atoms with E-state index in [1.54, 1.807) is 0 Å². The molecule has 1 atom stereocenters. The molecule has 2 aliphatic heterocycles. The standard InChI is InChI=1S/C12H23NOS/c1-11(2,3)10-8-13-12(14-9-10)4-6-15-7-5-12/h10,13H,4-9H2,1-3H3. The van der Waals surface area contributed by atoms with Gasteiger partial charge in [-0.2, -0.15) is 11.8 Å². The number of rotatable bonds is 0. The molecule has 0 bridgehead atoms. The second kappa shape index (κ2) is 4.27. The molecule has 0 saturated carbocycles. The Morgan fingerprint density at radius 2 is 1.93 bits per heavy atom. The second-order valence-corrected chi connectivity index (χ2v) is 7.09. The van der Waals surface area contributed by atoms with Crippen LogP contribution in [0.25, 0.3) is 0 Å². The summed E-state index contributed by atoms with van der Waals surface area (Å²) in [5.74, 6) is 3.14. The van der Waals surface area contributed by atoms with Crippen molar-refractivity contribution in [3.8, 4) is 0 Å². The van der Waals surface area contributed by atoms with Gasteiger partial charge in [-0.15, -0.1) is 0 Å². The maximum Gasteiger partial charge on any atom is 0.120 e. The summed E-state index contributed by atoms with van der Waals surface area (Å²) in [4.78, 5) is 0. The lowest BCUT2D eigenvalue weighted by Crippen LogP contribution is -2.58. The Morgan fingerprint density at radius 1 is 1.27 bits per heavy atom. The Balaban J connectivity index is 1.91. The van der Waals surface area contributed by atoms with Crippen molar-refractivity contribution in [1.82, 2.24) is 5.32 Å². The molecule has 2 heterocycles. The van der Waals surface area contributed by atoms with Crippen LogP contribution in [0.5, 0.6) is 0 Å². The van der Waals surface area contributed by atoms with Gasteiger partial charge in [-0.05, 0) is 35.7 Å². The van der Waals surface area contributed by atoms with Crippen molar-refractivity contribution in [1.29, 1.82) is 0 Å². The van der Waals surface area contributed by atoms with Gasteiger partial charge in [0.15, 0.2) is 0 Å². The molecule has 1 unspecified atom stereocenters. The molecule has 1 N–H and O–H groups in total. The Kier molecular flexibility index (Phi) is 3.34. The lowest BCUT2D eigenvalue weighted by Gasteiger charge is -2.46. The van der Waals surface area contributed by atoms with E-state index in [0.29, 0.717) is 11.3 Å². The summed E-state index contributed by atoms with van der Waals surface area (Å²) in [6.45, 7) is 8.96. The zero-order valence-electron chi connectivity index (χ0n) is 10.1. The van der Waals surface area contributed by atoms with Crippen LogP contribution in [0.15, 0.2) is 0 Å². The minimum atomic E-state index is 0.0347. The average molecular weight is 229 g/mol. The summed E-state index contributed by atoms with van der Waals surface area (Å²) >= 11 is 2.05. The van der Waals surface area contributed by atoms with Gasteiger partial charge in [-0.25, -0.2) is 0 Å². The zero-order chi connectivity index (χ0) is 10.9. The van der Waals surface area contributed by atoms with Crippen LogP contribution in [0.2, 0.25) is 0 Å². The highest BCUT2D eigenvalue weighted by Crippen LogP contribution is 2.35. The predicted octanol–water partition coefficient (Wildman–Crippen LogP) is 2.49. The Bertz CT molecular complexity index is 208. The smallest absolute Gasteiger partial charge is 0.120 e. The first-order chi connectivity index (χ1) is 7.02. The van der Waals surface area contributed by atoms with E-state index in [4.69, 9.17) is 4.74 Å². The third-order valence-corrected chi connectivity index (χ3v) is 4.74. The van der Waals surface area contributed by atoms with Gasteiger partial charge in [0, 0.05) is 6.54 Å². The van der Waals surface area contributed by atoms with Crippen molar-refractivity contribution < 1.29 is 4.74 Å². The quantitative estimate of drug-likeness (QED) is 0.689. The van der Waals surface area contributed by atoms with Gasteiger partial charge in [0.1, 0.15) is 5.72 Å². The molecule has 3 heteroatoms. The molecular formula is C12H23NOS. The van der Waals surface area contributed by atoms with E-state index in [9.17, 15) is 0 Å². The first-order valence-corrected chi connectivity index (χ1v) is 7.14. The van der Waals surface area contributed by atoms with Crippen molar-refractivity contribution in [2.75, 3.05) is 24.7 Å². The minimum absolute atomic E-state index is 0.0347. The van der Waals surface area contributed by atoms with Crippen LogP contribution in [-0.4, -0.2) is 30.4 Å². The van der Waals surface area contributed by atoms with Gasteiger partial charge in [0.05, 0.1) is 6.61 Å². The SMILES string of the molecule is CC(C)(C)C1CNC2(CCSCC2)OC1. The molecule has 2 nitrogen and oxygen atoms in total. The lowest BCUT2D eigenvalue weighted by atomic mass is 9.80. The average Bonchev–Trinajstić information content (AvgIpc) is 2.18. The molecule has 1 spiro atoms. The van der Waals surface area contributed by atoms with E-state index in [1.165, 1.54) is 24.3 Å². The fourth-order valence-electron chi connectivity index (χ4n) is 2.26. The molecule has 0 aromatic rings. The summed E-state index contributed by atoms with van der Waals surface area (Å²) in [6, 6.07) is 0. The zero-order valence-corrected chi connectivity index (χ0v) is 11.0. The summed E-state index contributed by atoms with van der Waals surface area (Å²) < 4.78 is 6.12. The monoisotopic (exact) mass is 229 g/mol. The van der Waals surface area contributed by atoms with E-state index in [0.717, 1.165) is 13.2 Å². The number of thioether (sulfide) groups is 1. The van der Waals surface area contributed by atoms with E-state index < -0.39 is 0 Å². The number of hydrogen-bond acceptors (Lipinski definition) is 3. The summed E-state index contributed by atoms with van der Waals surface area (Å²) in [7, 11) is 0. The maximum absolute atomic E-state index is 6.12. The first kappa shape index (κ1) is 11.7. The third kappa shape index (κ3) is 2.69. The van der Waals surface area contributed by atoms with Gasteiger partial charge < -0.3 is 4.74 Å². The Morgan fingerprint density at radius 3 is 2.40 bits per heavy atom. The fraction of sp³-hybridized carbons (Fsp3) is 1.00. The van der Waals surface area contributed by atoms with Gasteiger partial charge in [0.25, 0.3) is 0 Å². The van der Waals surface area contributed by atoms with Gasteiger partial charge >= 0.3 is 0 Å². The van der Waals surface area contributed by atoms with Gasteiger partial charge in [-0.1, -0.05) is 20.8 Å². The van der Waals surface area contributed by atoms with Crippen LogP contribution in [0.3, 0.4) is 0 Å². The predicted molar refractivity (Wildman–Crippen MR) is 66.2 cm³/mol. The summed E-state index contributed by atoms with van der Waals surface area (Å²) in [5, 5.41) is 3.66. The molecule has 88 valence electrons. The maximum atomic E-state index is 6.12. The molecule has 0 aromatic carbocycles. The third-order valence-electron chi connectivity index (χ3n) is 3.76. The number of hydrogen-bond donors (Lipinski definition) is 1. The molecule has 0 aliphatic carbocycles. The van der Waals surface area contributed by atoms with Crippen molar-refractivity contribution in [2.45, 2.75) is 39.3 Å². The molecule has 15 heavy (non-hydrogen) atoms. The van der Waals surface area contributed by atoms with Crippen LogP contribution in [0.4, 0.5) is 0 Å². The first-order valence-electron chi connectivity index (χ1n) is 5.99. The van der Waals surface area contributed by atoms with Crippen molar-refractivity contribution in [2.24, 2.45) is 11.3 Å².